The van der Waals surface area contributed by atoms with Gasteiger partial charge in [0.25, 0.3) is 5.91 Å². The molecule has 1 aliphatic carbocycles. The summed E-state index contributed by atoms with van der Waals surface area (Å²) < 4.78 is 0.883. The lowest BCUT2D eigenvalue weighted by molar-refractivity contribution is 0.0751. The lowest BCUT2D eigenvalue weighted by Crippen LogP contribution is -2.32. The van der Waals surface area contributed by atoms with Crippen molar-refractivity contribution >= 4 is 21.8 Å². The maximum Gasteiger partial charge on any atom is 0.255 e. The van der Waals surface area contributed by atoms with Crippen molar-refractivity contribution in [1.29, 1.82) is 0 Å². The molecule has 1 aliphatic rings. The highest BCUT2D eigenvalue weighted by molar-refractivity contribution is 9.10. The Balaban J connectivity index is 2.22. The van der Waals surface area contributed by atoms with Gasteiger partial charge >= 0.3 is 0 Å². The Morgan fingerprint density at radius 2 is 2.13 bits per heavy atom. The molecule has 0 bridgehead atoms. The van der Waals surface area contributed by atoms with Crippen molar-refractivity contribution < 1.29 is 4.79 Å². The first-order valence-corrected chi connectivity index (χ1v) is 6.09. The average Bonchev–Trinajstić information content (AvgIpc) is 3.03. The number of carbonyl (C=O) groups excluding carboxylic acids is 1. The summed E-state index contributed by atoms with van der Waals surface area (Å²) >= 11 is 3.42. The zero-order valence-corrected chi connectivity index (χ0v) is 10.3. The van der Waals surface area contributed by atoms with Crippen LogP contribution in [-0.2, 0) is 0 Å². The standard InChI is InChI=1S/C12H14BrNO/c1-2-14(9-7-8-9)12(15)10-5-3-4-6-11(10)13/h3-6,9H,2,7-8H2,1H3. The van der Waals surface area contributed by atoms with Gasteiger partial charge in [-0.2, -0.15) is 0 Å². The summed E-state index contributed by atoms with van der Waals surface area (Å²) in [6, 6.07) is 8.09. The van der Waals surface area contributed by atoms with E-state index in [0.717, 1.165) is 29.4 Å². The fourth-order valence-corrected chi connectivity index (χ4v) is 2.20. The molecule has 15 heavy (non-hydrogen) atoms. The van der Waals surface area contributed by atoms with Gasteiger partial charge in [0.2, 0.25) is 0 Å². The molecule has 3 heteroatoms. The lowest BCUT2D eigenvalue weighted by atomic mass is 10.2. The van der Waals surface area contributed by atoms with Gasteiger partial charge in [-0.05, 0) is 47.8 Å². The number of benzene rings is 1. The normalized spacial score (nSPS) is 15.1. The van der Waals surface area contributed by atoms with Crippen LogP contribution in [0.25, 0.3) is 0 Å². The van der Waals surface area contributed by atoms with Crippen LogP contribution in [0.3, 0.4) is 0 Å². The average molecular weight is 268 g/mol. The van der Waals surface area contributed by atoms with Crippen LogP contribution in [0.5, 0.6) is 0 Å². The van der Waals surface area contributed by atoms with Crippen molar-refractivity contribution in [3.63, 3.8) is 0 Å². The minimum atomic E-state index is 0.146. The Morgan fingerprint density at radius 1 is 1.47 bits per heavy atom. The Kier molecular flexibility index (Phi) is 3.10. The molecule has 0 radical (unpaired) electrons. The summed E-state index contributed by atoms with van der Waals surface area (Å²) in [5, 5.41) is 0. The van der Waals surface area contributed by atoms with Crippen molar-refractivity contribution in [2.75, 3.05) is 6.54 Å². The first-order chi connectivity index (χ1) is 7.24. The second-order valence-electron chi connectivity index (χ2n) is 3.80. The highest BCUT2D eigenvalue weighted by Crippen LogP contribution is 2.29. The summed E-state index contributed by atoms with van der Waals surface area (Å²) in [7, 11) is 0. The van der Waals surface area contributed by atoms with Gasteiger partial charge in [-0.25, -0.2) is 0 Å². The first kappa shape index (κ1) is 10.7. The van der Waals surface area contributed by atoms with E-state index in [1.54, 1.807) is 0 Å². The van der Waals surface area contributed by atoms with Crippen molar-refractivity contribution in [2.24, 2.45) is 0 Å². The van der Waals surface area contributed by atoms with Crippen LogP contribution in [0, 0.1) is 0 Å². The third kappa shape index (κ3) is 2.23. The fourth-order valence-electron chi connectivity index (χ4n) is 1.74. The molecule has 1 fully saturated rings. The molecule has 0 N–H and O–H groups in total. The zero-order valence-electron chi connectivity index (χ0n) is 8.74. The smallest absolute Gasteiger partial charge is 0.255 e. The maximum atomic E-state index is 12.2. The van der Waals surface area contributed by atoms with E-state index in [-0.39, 0.29) is 5.91 Å². The van der Waals surface area contributed by atoms with E-state index in [1.807, 2.05) is 36.1 Å². The minimum Gasteiger partial charge on any atom is -0.336 e. The fraction of sp³-hybridized carbons (Fsp3) is 0.417. The van der Waals surface area contributed by atoms with Crippen LogP contribution >= 0.6 is 15.9 Å². The van der Waals surface area contributed by atoms with E-state index in [4.69, 9.17) is 0 Å². The Labute approximate surface area is 98.4 Å². The van der Waals surface area contributed by atoms with E-state index < -0.39 is 0 Å². The van der Waals surface area contributed by atoms with Gasteiger partial charge < -0.3 is 4.90 Å². The molecule has 0 atom stereocenters. The van der Waals surface area contributed by atoms with E-state index in [2.05, 4.69) is 15.9 Å². The van der Waals surface area contributed by atoms with Crippen LogP contribution in [-0.4, -0.2) is 23.4 Å². The Hall–Kier alpha value is -0.830. The number of halogens is 1. The van der Waals surface area contributed by atoms with Crippen LogP contribution in [0.1, 0.15) is 30.1 Å². The van der Waals surface area contributed by atoms with Gasteiger partial charge in [0.05, 0.1) is 5.56 Å². The van der Waals surface area contributed by atoms with Crippen LogP contribution in [0.15, 0.2) is 28.7 Å². The lowest BCUT2D eigenvalue weighted by Gasteiger charge is -2.20. The number of rotatable bonds is 3. The Bertz CT molecular complexity index is 374. The SMILES string of the molecule is CCN(C(=O)c1ccccc1Br)C1CC1. The number of carbonyl (C=O) groups is 1. The van der Waals surface area contributed by atoms with E-state index in [1.165, 1.54) is 0 Å². The molecule has 0 unspecified atom stereocenters. The number of hydrogen-bond acceptors (Lipinski definition) is 1. The van der Waals surface area contributed by atoms with E-state index in [9.17, 15) is 4.79 Å². The molecule has 0 heterocycles. The predicted molar refractivity (Wildman–Crippen MR) is 63.9 cm³/mol. The molecule has 2 rings (SSSR count). The maximum absolute atomic E-state index is 12.2. The minimum absolute atomic E-state index is 0.146. The van der Waals surface area contributed by atoms with E-state index >= 15 is 0 Å². The summed E-state index contributed by atoms with van der Waals surface area (Å²) in [6.07, 6.45) is 2.31. The second-order valence-corrected chi connectivity index (χ2v) is 4.66. The van der Waals surface area contributed by atoms with Gasteiger partial charge in [0, 0.05) is 17.1 Å². The van der Waals surface area contributed by atoms with E-state index in [0.29, 0.717) is 6.04 Å². The zero-order chi connectivity index (χ0) is 10.8. The molecular weight excluding hydrogens is 254 g/mol. The molecule has 0 aliphatic heterocycles. The van der Waals surface area contributed by atoms with Gasteiger partial charge in [-0.15, -0.1) is 0 Å². The first-order valence-electron chi connectivity index (χ1n) is 5.29. The molecule has 1 aromatic carbocycles. The van der Waals surface area contributed by atoms with Crippen LogP contribution in [0.2, 0.25) is 0 Å². The monoisotopic (exact) mass is 267 g/mol. The van der Waals surface area contributed by atoms with Crippen molar-refractivity contribution in [3.8, 4) is 0 Å². The molecule has 2 nitrogen and oxygen atoms in total. The number of amides is 1. The van der Waals surface area contributed by atoms with Crippen LogP contribution in [0.4, 0.5) is 0 Å². The van der Waals surface area contributed by atoms with Gasteiger partial charge in [0.1, 0.15) is 0 Å². The molecule has 0 aromatic heterocycles. The molecule has 0 spiro atoms. The molecule has 1 aromatic rings. The quantitative estimate of drug-likeness (QED) is 0.825. The molecule has 80 valence electrons. The van der Waals surface area contributed by atoms with Crippen molar-refractivity contribution in [1.82, 2.24) is 4.90 Å². The Morgan fingerprint density at radius 3 is 2.67 bits per heavy atom. The highest BCUT2D eigenvalue weighted by Gasteiger charge is 2.32. The second kappa shape index (κ2) is 4.35. The summed E-state index contributed by atoms with van der Waals surface area (Å²) in [6.45, 7) is 2.83. The largest absolute Gasteiger partial charge is 0.336 e. The van der Waals surface area contributed by atoms with Gasteiger partial charge in [0.15, 0.2) is 0 Å². The molecule has 1 saturated carbocycles. The van der Waals surface area contributed by atoms with Crippen molar-refractivity contribution in [2.45, 2.75) is 25.8 Å². The summed E-state index contributed by atoms with van der Waals surface area (Å²) in [5.41, 5.74) is 0.770. The third-order valence-corrected chi connectivity index (χ3v) is 3.38. The molecular formula is C12H14BrNO. The third-order valence-electron chi connectivity index (χ3n) is 2.69. The van der Waals surface area contributed by atoms with Gasteiger partial charge in [-0.1, -0.05) is 12.1 Å². The number of hydrogen-bond donors (Lipinski definition) is 0. The number of nitrogens with zero attached hydrogens (tertiary/aromatic N) is 1. The predicted octanol–water partition coefficient (Wildman–Crippen LogP) is 3.07. The molecule has 0 saturated heterocycles. The molecule has 1 amide bonds. The highest BCUT2D eigenvalue weighted by atomic mass is 79.9. The summed E-state index contributed by atoms with van der Waals surface area (Å²) in [4.78, 5) is 14.1. The van der Waals surface area contributed by atoms with Crippen LogP contribution < -0.4 is 0 Å². The summed E-state index contributed by atoms with van der Waals surface area (Å²) in [5.74, 6) is 0.146. The van der Waals surface area contributed by atoms with Gasteiger partial charge in [-0.3, -0.25) is 4.79 Å². The van der Waals surface area contributed by atoms with Crippen molar-refractivity contribution in [3.05, 3.63) is 34.3 Å². The topological polar surface area (TPSA) is 20.3 Å².